The van der Waals surface area contributed by atoms with Gasteiger partial charge in [0.15, 0.2) is 0 Å². The van der Waals surface area contributed by atoms with Crippen LogP contribution < -0.4 is 15.6 Å². The summed E-state index contributed by atoms with van der Waals surface area (Å²) in [6.07, 6.45) is 1.56. The van der Waals surface area contributed by atoms with Crippen LogP contribution in [-0.2, 0) is 29.4 Å². The number of benzene rings is 1. The fraction of sp³-hybridized carbons (Fsp3) is 0.286. The second kappa shape index (κ2) is 7.24. The van der Waals surface area contributed by atoms with Gasteiger partial charge in [0.1, 0.15) is 4.47 Å². The molecule has 9 heteroatoms. The highest BCUT2D eigenvalue weighted by atomic mass is 79.9. The number of rotatable bonds is 6. The molecule has 0 atom stereocenters. The van der Waals surface area contributed by atoms with E-state index in [0.717, 1.165) is 5.56 Å². The molecule has 0 amide bonds. The summed E-state index contributed by atoms with van der Waals surface area (Å²) in [5.74, 6) is -0.0749. The van der Waals surface area contributed by atoms with E-state index in [1.807, 2.05) is 12.1 Å². The second-order valence-electron chi connectivity index (χ2n) is 4.94. The molecule has 0 saturated carbocycles. The maximum atomic E-state index is 11.8. The molecule has 23 heavy (non-hydrogen) atoms. The van der Waals surface area contributed by atoms with Crippen LogP contribution in [0.3, 0.4) is 0 Å². The van der Waals surface area contributed by atoms with E-state index < -0.39 is 10.0 Å². The summed E-state index contributed by atoms with van der Waals surface area (Å²) in [6.45, 7) is 0.445. The summed E-state index contributed by atoms with van der Waals surface area (Å²) < 4.78 is 27.1. The van der Waals surface area contributed by atoms with Crippen molar-refractivity contribution in [1.82, 2.24) is 14.5 Å². The molecule has 1 heterocycles. The molecule has 0 unspecified atom stereocenters. The van der Waals surface area contributed by atoms with Gasteiger partial charge in [0, 0.05) is 13.6 Å². The van der Waals surface area contributed by atoms with Gasteiger partial charge in [0.2, 0.25) is 10.0 Å². The predicted octanol–water partition coefficient (Wildman–Crippen LogP) is 1.20. The molecular weight excluding hydrogens is 384 g/mol. The zero-order chi connectivity index (χ0) is 17.0. The van der Waals surface area contributed by atoms with Crippen LogP contribution in [0, 0.1) is 0 Å². The molecule has 1 aromatic heterocycles. The lowest BCUT2D eigenvalue weighted by atomic mass is 10.1. The first-order valence-electron chi connectivity index (χ1n) is 6.77. The van der Waals surface area contributed by atoms with Gasteiger partial charge in [-0.15, -0.1) is 0 Å². The zero-order valence-corrected chi connectivity index (χ0v) is 15.1. The van der Waals surface area contributed by atoms with Crippen LogP contribution in [0.2, 0.25) is 0 Å². The van der Waals surface area contributed by atoms with Gasteiger partial charge < -0.3 is 5.32 Å². The highest BCUT2D eigenvalue weighted by Crippen LogP contribution is 2.17. The van der Waals surface area contributed by atoms with E-state index >= 15 is 0 Å². The molecule has 0 aliphatic carbocycles. The first-order chi connectivity index (χ1) is 10.8. The van der Waals surface area contributed by atoms with Crippen LogP contribution in [0.4, 0.5) is 5.69 Å². The summed E-state index contributed by atoms with van der Waals surface area (Å²) in [4.78, 5) is 11.8. The van der Waals surface area contributed by atoms with Crippen molar-refractivity contribution >= 4 is 31.6 Å². The Kier molecular flexibility index (Phi) is 5.55. The van der Waals surface area contributed by atoms with Crippen LogP contribution in [0.5, 0.6) is 0 Å². The normalized spacial score (nSPS) is 11.4. The van der Waals surface area contributed by atoms with E-state index in [1.165, 1.54) is 11.7 Å². The Balaban J connectivity index is 2.13. The number of anilines is 1. The monoisotopic (exact) mass is 400 g/mol. The van der Waals surface area contributed by atoms with Crippen molar-refractivity contribution in [2.24, 2.45) is 7.05 Å². The number of sulfonamides is 1. The third kappa shape index (κ3) is 4.63. The predicted molar refractivity (Wildman–Crippen MR) is 92.6 cm³/mol. The number of aromatic nitrogens is 2. The molecule has 0 aliphatic heterocycles. The van der Waals surface area contributed by atoms with Gasteiger partial charge in [0.05, 0.1) is 17.6 Å². The highest BCUT2D eigenvalue weighted by Gasteiger charge is 2.10. The van der Waals surface area contributed by atoms with Crippen LogP contribution in [0.1, 0.15) is 11.1 Å². The summed E-state index contributed by atoms with van der Waals surface area (Å²) in [5.41, 5.74) is 1.95. The van der Waals surface area contributed by atoms with Gasteiger partial charge in [-0.2, -0.15) is 5.10 Å². The molecule has 2 N–H and O–H groups in total. The molecule has 0 spiro atoms. The minimum absolute atomic E-state index is 0.0749. The lowest BCUT2D eigenvalue weighted by molar-refractivity contribution is 0.587. The van der Waals surface area contributed by atoms with Gasteiger partial charge in [-0.3, -0.25) is 4.79 Å². The van der Waals surface area contributed by atoms with Crippen molar-refractivity contribution in [3.05, 3.63) is 56.4 Å². The highest BCUT2D eigenvalue weighted by molar-refractivity contribution is 9.10. The largest absolute Gasteiger partial charge is 0.379 e. The van der Waals surface area contributed by atoms with Crippen LogP contribution >= 0.6 is 15.9 Å². The molecule has 0 fully saturated rings. The fourth-order valence-corrected chi connectivity index (χ4v) is 3.21. The number of halogens is 1. The van der Waals surface area contributed by atoms with Crippen molar-refractivity contribution < 1.29 is 8.42 Å². The maximum Gasteiger partial charge on any atom is 0.282 e. The number of hydrogen-bond donors (Lipinski definition) is 2. The van der Waals surface area contributed by atoms with E-state index in [1.54, 1.807) is 25.4 Å². The third-order valence-corrected chi connectivity index (χ3v) is 5.32. The molecule has 0 bridgehead atoms. The lowest BCUT2D eigenvalue weighted by Gasteiger charge is -2.10. The molecule has 7 nitrogen and oxygen atoms in total. The summed E-state index contributed by atoms with van der Waals surface area (Å²) in [5, 5.41) is 7.07. The standard InChI is InChI=1S/C14H17BrN4O3S/c1-16-23(21,22)9-11-5-3-4-10(6-11)7-17-12-8-18-19(2)14(20)13(12)15/h3-6,8,16-17H,7,9H2,1-2H3. The minimum atomic E-state index is -3.31. The van der Waals surface area contributed by atoms with Crippen molar-refractivity contribution in [2.45, 2.75) is 12.3 Å². The third-order valence-electron chi connectivity index (χ3n) is 3.22. The Hall–Kier alpha value is -1.71. The number of aryl methyl sites for hydroxylation is 1. The molecule has 0 aliphatic rings. The minimum Gasteiger partial charge on any atom is -0.379 e. The van der Waals surface area contributed by atoms with Gasteiger partial charge >= 0.3 is 0 Å². The van der Waals surface area contributed by atoms with Gasteiger partial charge in [-0.1, -0.05) is 24.3 Å². The van der Waals surface area contributed by atoms with E-state index in [4.69, 9.17) is 0 Å². The lowest BCUT2D eigenvalue weighted by Crippen LogP contribution is -2.21. The van der Waals surface area contributed by atoms with E-state index in [2.05, 4.69) is 31.1 Å². The Morgan fingerprint density at radius 3 is 2.70 bits per heavy atom. The molecule has 2 rings (SSSR count). The van der Waals surface area contributed by atoms with Crippen LogP contribution in [-0.4, -0.2) is 25.2 Å². The van der Waals surface area contributed by atoms with Crippen molar-refractivity contribution in [1.29, 1.82) is 0 Å². The summed E-state index contributed by atoms with van der Waals surface area (Å²) in [6, 6.07) is 7.25. The Morgan fingerprint density at radius 2 is 2.00 bits per heavy atom. The topological polar surface area (TPSA) is 93.1 Å². The first-order valence-corrected chi connectivity index (χ1v) is 9.21. The van der Waals surface area contributed by atoms with Crippen LogP contribution in [0.15, 0.2) is 39.7 Å². The number of nitrogens with one attached hydrogen (secondary N) is 2. The quantitative estimate of drug-likeness (QED) is 0.759. The van der Waals surface area contributed by atoms with E-state index in [0.29, 0.717) is 22.3 Å². The zero-order valence-electron chi connectivity index (χ0n) is 12.7. The molecular formula is C14H17BrN4O3S. The van der Waals surface area contributed by atoms with Crippen molar-refractivity contribution in [3.8, 4) is 0 Å². The second-order valence-corrected chi connectivity index (χ2v) is 7.66. The Morgan fingerprint density at radius 1 is 1.30 bits per heavy atom. The molecule has 124 valence electrons. The smallest absolute Gasteiger partial charge is 0.282 e. The SMILES string of the molecule is CNS(=O)(=O)Cc1cccc(CNc2cnn(C)c(=O)c2Br)c1. The molecule has 0 saturated heterocycles. The number of hydrogen-bond acceptors (Lipinski definition) is 5. The average molecular weight is 401 g/mol. The molecule has 2 aromatic rings. The number of nitrogens with zero attached hydrogens (tertiary/aromatic N) is 2. The van der Waals surface area contributed by atoms with Gasteiger partial charge in [-0.25, -0.2) is 17.8 Å². The van der Waals surface area contributed by atoms with Crippen LogP contribution in [0.25, 0.3) is 0 Å². The summed E-state index contributed by atoms with van der Waals surface area (Å²) in [7, 11) is -0.343. The van der Waals surface area contributed by atoms with E-state index in [-0.39, 0.29) is 11.3 Å². The molecule has 0 radical (unpaired) electrons. The maximum absolute atomic E-state index is 11.8. The Labute approximate surface area is 142 Å². The van der Waals surface area contributed by atoms with Crippen molar-refractivity contribution in [2.75, 3.05) is 12.4 Å². The first kappa shape index (κ1) is 17.6. The summed E-state index contributed by atoms with van der Waals surface area (Å²) >= 11 is 3.24. The Bertz CT molecular complexity index is 865. The van der Waals surface area contributed by atoms with Crippen molar-refractivity contribution in [3.63, 3.8) is 0 Å². The van der Waals surface area contributed by atoms with Gasteiger partial charge in [0.25, 0.3) is 5.56 Å². The molecule has 1 aromatic carbocycles. The average Bonchev–Trinajstić information content (AvgIpc) is 2.52. The van der Waals surface area contributed by atoms with Gasteiger partial charge in [-0.05, 0) is 34.1 Å². The van der Waals surface area contributed by atoms with E-state index in [9.17, 15) is 13.2 Å². The fourth-order valence-electron chi connectivity index (χ4n) is 1.95.